The number of ether oxygens (including phenoxy) is 1. The smallest absolute Gasteiger partial charge is 0.341 e. The first-order valence-corrected chi connectivity index (χ1v) is 8.81. The van der Waals surface area contributed by atoms with Gasteiger partial charge < -0.3 is 29.8 Å². The third kappa shape index (κ3) is 5.55. The number of hydrogen-bond acceptors (Lipinski definition) is 7. The van der Waals surface area contributed by atoms with Crippen LogP contribution in [-0.2, 0) is 9.53 Å². The lowest BCUT2D eigenvalue weighted by Gasteiger charge is -2.26. The van der Waals surface area contributed by atoms with Gasteiger partial charge in [0, 0.05) is 5.92 Å². The molecule has 1 heterocycles. The second kappa shape index (κ2) is 10.3. The van der Waals surface area contributed by atoms with Crippen LogP contribution in [0.15, 0.2) is 10.5 Å². The van der Waals surface area contributed by atoms with E-state index in [1.54, 1.807) is 20.8 Å². The molecule has 1 aromatic heterocycles. The van der Waals surface area contributed by atoms with E-state index in [0.29, 0.717) is 6.42 Å². The van der Waals surface area contributed by atoms with Crippen molar-refractivity contribution in [3.63, 3.8) is 0 Å². The lowest BCUT2D eigenvalue weighted by atomic mass is 10.00. The van der Waals surface area contributed by atoms with Crippen LogP contribution in [0.5, 0.6) is 0 Å². The predicted octanol–water partition coefficient (Wildman–Crippen LogP) is 1.07. The van der Waals surface area contributed by atoms with Gasteiger partial charge in [0.15, 0.2) is 0 Å². The minimum Gasteiger partial charge on any atom is -0.463 e. The summed E-state index contributed by atoms with van der Waals surface area (Å²) in [5.41, 5.74) is 0.174. The van der Waals surface area contributed by atoms with Crippen LogP contribution in [0.3, 0.4) is 0 Å². The Kier molecular flexibility index (Phi) is 8.77. The van der Waals surface area contributed by atoms with Gasteiger partial charge in [-0.05, 0) is 26.3 Å². The standard InChI is InChI=1S/C18H29NO7/c1-5-7-10(3)17(23)19-15(16(22)13(21)9-20)14-8-12(11(4)26-14)18(24)25-6-2/h8,10,13,15-16,20-22H,5-7,9H2,1-4H3,(H,19,23). The maximum atomic E-state index is 12.4. The zero-order valence-corrected chi connectivity index (χ0v) is 15.7. The van der Waals surface area contributed by atoms with Crippen molar-refractivity contribution in [2.45, 2.75) is 58.8 Å². The molecule has 1 amide bonds. The quantitative estimate of drug-likeness (QED) is 0.453. The molecule has 1 rings (SSSR count). The molecule has 0 radical (unpaired) electrons. The Bertz CT molecular complexity index is 598. The summed E-state index contributed by atoms with van der Waals surface area (Å²) in [6, 6.07) is 0.252. The molecule has 1 aromatic rings. The number of esters is 1. The molecule has 148 valence electrons. The first-order chi connectivity index (χ1) is 12.3. The minimum atomic E-state index is -1.52. The lowest BCUT2D eigenvalue weighted by molar-refractivity contribution is -0.127. The number of amides is 1. The van der Waals surface area contributed by atoms with Gasteiger partial charge in [-0.15, -0.1) is 0 Å². The third-order valence-electron chi connectivity index (χ3n) is 4.13. The van der Waals surface area contributed by atoms with Gasteiger partial charge in [0.1, 0.15) is 35.3 Å². The van der Waals surface area contributed by atoms with Crippen LogP contribution in [0.1, 0.15) is 61.5 Å². The van der Waals surface area contributed by atoms with Crippen LogP contribution in [0, 0.1) is 12.8 Å². The van der Waals surface area contributed by atoms with Crippen LogP contribution < -0.4 is 5.32 Å². The summed E-state index contributed by atoms with van der Waals surface area (Å²) in [6.07, 6.45) is -1.53. The molecule has 0 saturated heterocycles. The summed E-state index contributed by atoms with van der Waals surface area (Å²) in [5, 5.41) is 31.9. The Morgan fingerprint density at radius 3 is 2.50 bits per heavy atom. The summed E-state index contributed by atoms with van der Waals surface area (Å²) >= 11 is 0. The van der Waals surface area contributed by atoms with Crippen molar-refractivity contribution in [2.24, 2.45) is 5.92 Å². The third-order valence-corrected chi connectivity index (χ3v) is 4.13. The number of aryl methyl sites for hydroxylation is 1. The van der Waals surface area contributed by atoms with Crippen molar-refractivity contribution in [3.05, 3.63) is 23.2 Å². The number of rotatable bonds is 10. The Morgan fingerprint density at radius 1 is 1.31 bits per heavy atom. The molecular formula is C18H29NO7. The molecule has 4 N–H and O–H groups in total. The van der Waals surface area contributed by atoms with Crippen LogP contribution in [-0.4, -0.2) is 52.6 Å². The Balaban J connectivity index is 3.14. The summed E-state index contributed by atoms with van der Waals surface area (Å²) in [7, 11) is 0. The maximum Gasteiger partial charge on any atom is 0.341 e. The summed E-state index contributed by atoms with van der Waals surface area (Å²) < 4.78 is 10.5. The predicted molar refractivity (Wildman–Crippen MR) is 93.5 cm³/mol. The molecule has 0 bridgehead atoms. The molecule has 4 atom stereocenters. The minimum absolute atomic E-state index is 0.0996. The van der Waals surface area contributed by atoms with Gasteiger partial charge in [-0.25, -0.2) is 4.79 Å². The number of aliphatic hydroxyl groups is 3. The zero-order chi connectivity index (χ0) is 19.9. The van der Waals surface area contributed by atoms with Gasteiger partial charge in [-0.3, -0.25) is 4.79 Å². The van der Waals surface area contributed by atoms with Gasteiger partial charge in [0.25, 0.3) is 0 Å². The highest BCUT2D eigenvalue weighted by molar-refractivity contribution is 5.90. The highest BCUT2D eigenvalue weighted by atomic mass is 16.5. The van der Waals surface area contributed by atoms with E-state index >= 15 is 0 Å². The van der Waals surface area contributed by atoms with Crippen molar-refractivity contribution < 1.29 is 34.1 Å². The van der Waals surface area contributed by atoms with E-state index in [1.807, 2.05) is 6.92 Å². The molecule has 0 aliphatic rings. The van der Waals surface area contributed by atoms with Gasteiger partial charge in [0.05, 0.1) is 13.2 Å². The molecule has 0 aliphatic carbocycles. The Labute approximate surface area is 153 Å². The number of aliphatic hydroxyl groups excluding tert-OH is 3. The molecule has 26 heavy (non-hydrogen) atoms. The van der Waals surface area contributed by atoms with Gasteiger partial charge >= 0.3 is 5.97 Å². The number of furan rings is 1. The van der Waals surface area contributed by atoms with Crippen molar-refractivity contribution in [1.29, 1.82) is 0 Å². The highest BCUT2D eigenvalue weighted by Gasteiger charge is 2.33. The highest BCUT2D eigenvalue weighted by Crippen LogP contribution is 2.26. The molecule has 8 heteroatoms. The first kappa shape index (κ1) is 22.1. The number of carbonyl (C=O) groups is 2. The van der Waals surface area contributed by atoms with Crippen LogP contribution >= 0.6 is 0 Å². The maximum absolute atomic E-state index is 12.4. The number of carbonyl (C=O) groups excluding carboxylic acids is 2. The second-order valence-electron chi connectivity index (χ2n) is 6.26. The van der Waals surface area contributed by atoms with Gasteiger partial charge in [-0.1, -0.05) is 20.3 Å². The van der Waals surface area contributed by atoms with Crippen LogP contribution in [0.2, 0.25) is 0 Å². The van der Waals surface area contributed by atoms with E-state index in [9.17, 15) is 19.8 Å². The average molecular weight is 371 g/mol. The SMILES string of the molecule is CCCC(C)C(=O)NC(c1cc(C(=O)OCC)c(C)o1)C(O)C(O)CO. The Morgan fingerprint density at radius 2 is 1.96 bits per heavy atom. The molecule has 0 aliphatic heterocycles. The second-order valence-corrected chi connectivity index (χ2v) is 6.26. The molecular weight excluding hydrogens is 342 g/mol. The van der Waals surface area contributed by atoms with Gasteiger partial charge in [-0.2, -0.15) is 0 Å². The van der Waals surface area contributed by atoms with Crippen LogP contribution in [0.4, 0.5) is 0 Å². The number of nitrogens with one attached hydrogen (secondary N) is 1. The normalized spacial score (nSPS) is 15.8. The monoisotopic (exact) mass is 371 g/mol. The first-order valence-electron chi connectivity index (χ1n) is 8.81. The van der Waals surface area contributed by atoms with Crippen molar-refractivity contribution in [1.82, 2.24) is 5.32 Å². The van der Waals surface area contributed by atoms with E-state index in [1.165, 1.54) is 6.07 Å². The van der Waals surface area contributed by atoms with E-state index in [-0.39, 0.29) is 35.5 Å². The van der Waals surface area contributed by atoms with E-state index < -0.39 is 30.8 Å². The average Bonchev–Trinajstić information content (AvgIpc) is 3.00. The fraction of sp³-hybridized carbons (Fsp3) is 0.667. The van der Waals surface area contributed by atoms with E-state index in [4.69, 9.17) is 14.3 Å². The van der Waals surface area contributed by atoms with E-state index in [0.717, 1.165) is 6.42 Å². The molecule has 4 unspecified atom stereocenters. The number of hydrogen-bond donors (Lipinski definition) is 4. The lowest BCUT2D eigenvalue weighted by Crippen LogP contribution is -2.44. The van der Waals surface area contributed by atoms with Gasteiger partial charge in [0.2, 0.25) is 5.91 Å². The van der Waals surface area contributed by atoms with Crippen molar-refractivity contribution in [3.8, 4) is 0 Å². The summed E-state index contributed by atoms with van der Waals surface area (Å²) in [4.78, 5) is 24.3. The molecule has 0 spiro atoms. The summed E-state index contributed by atoms with van der Waals surface area (Å²) in [6.45, 7) is 6.44. The molecule has 0 fully saturated rings. The fourth-order valence-electron chi connectivity index (χ4n) is 2.58. The molecule has 0 aromatic carbocycles. The Hall–Kier alpha value is -1.90. The topological polar surface area (TPSA) is 129 Å². The van der Waals surface area contributed by atoms with Crippen molar-refractivity contribution in [2.75, 3.05) is 13.2 Å². The summed E-state index contributed by atoms with van der Waals surface area (Å²) in [5.74, 6) is -0.844. The van der Waals surface area contributed by atoms with Crippen molar-refractivity contribution >= 4 is 11.9 Å². The largest absolute Gasteiger partial charge is 0.463 e. The van der Waals surface area contributed by atoms with Crippen LogP contribution in [0.25, 0.3) is 0 Å². The van der Waals surface area contributed by atoms with E-state index in [2.05, 4.69) is 5.32 Å². The zero-order valence-electron chi connectivity index (χ0n) is 15.7. The molecule has 0 saturated carbocycles. The molecule has 8 nitrogen and oxygen atoms in total. The fourth-order valence-corrected chi connectivity index (χ4v) is 2.58.